The highest BCUT2D eigenvalue weighted by Gasteiger charge is 2.28. The Labute approximate surface area is 118 Å². The molecule has 3 aliphatic rings. The van der Waals surface area contributed by atoms with Gasteiger partial charge < -0.3 is 10.2 Å². The van der Waals surface area contributed by atoms with Crippen molar-refractivity contribution in [1.82, 2.24) is 15.1 Å². The van der Waals surface area contributed by atoms with E-state index in [9.17, 15) is 0 Å². The lowest BCUT2D eigenvalue weighted by molar-refractivity contribution is 0.214. The fourth-order valence-electron chi connectivity index (χ4n) is 4.22. The molecule has 3 aliphatic heterocycles. The van der Waals surface area contributed by atoms with E-state index < -0.39 is 0 Å². The molecule has 3 heteroatoms. The highest BCUT2D eigenvalue weighted by atomic mass is 15.3. The fourth-order valence-corrected chi connectivity index (χ4v) is 4.22. The number of hydrogen-bond acceptors (Lipinski definition) is 3. The van der Waals surface area contributed by atoms with Gasteiger partial charge in [-0.15, -0.1) is 0 Å². The third-order valence-electron chi connectivity index (χ3n) is 5.33. The normalized spacial score (nSPS) is 34.1. The second-order valence-corrected chi connectivity index (χ2v) is 6.78. The van der Waals surface area contributed by atoms with Crippen molar-refractivity contribution in [2.24, 2.45) is 0 Å². The molecular weight excluding hydrogens is 234 g/mol. The largest absolute Gasteiger partial charge is 0.314 e. The molecule has 0 amide bonds. The van der Waals surface area contributed by atoms with Gasteiger partial charge in [0.15, 0.2) is 0 Å². The number of hydrogen-bond donors (Lipinski definition) is 1. The first-order chi connectivity index (χ1) is 9.42. The summed E-state index contributed by atoms with van der Waals surface area (Å²) in [5.41, 5.74) is 0. The van der Waals surface area contributed by atoms with Crippen LogP contribution in [0.3, 0.4) is 0 Å². The summed E-state index contributed by atoms with van der Waals surface area (Å²) in [4.78, 5) is 5.49. The molecule has 0 aromatic carbocycles. The van der Waals surface area contributed by atoms with Crippen molar-refractivity contribution < 1.29 is 0 Å². The van der Waals surface area contributed by atoms with Crippen LogP contribution in [-0.4, -0.2) is 61.2 Å². The molecule has 19 heavy (non-hydrogen) atoms. The van der Waals surface area contributed by atoms with Gasteiger partial charge in [0.25, 0.3) is 0 Å². The highest BCUT2D eigenvalue weighted by molar-refractivity contribution is 4.85. The molecule has 110 valence electrons. The van der Waals surface area contributed by atoms with Crippen LogP contribution in [0, 0.1) is 0 Å². The number of rotatable bonds is 4. The predicted molar refractivity (Wildman–Crippen MR) is 80.5 cm³/mol. The molecule has 3 nitrogen and oxygen atoms in total. The average molecular weight is 265 g/mol. The molecule has 3 rings (SSSR count). The van der Waals surface area contributed by atoms with Crippen LogP contribution in [0.15, 0.2) is 0 Å². The second-order valence-electron chi connectivity index (χ2n) is 6.78. The van der Waals surface area contributed by atoms with E-state index in [-0.39, 0.29) is 0 Å². The van der Waals surface area contributed by atoms with E-state index in [0.717, 1.165) is 12.1 Å². The first kappa shape index (κ1) is 13.8. The molecule has 3 saturated heterocycles. The van der Waals surface area contributed by atoms with Gasteiger partial charge in [0, 0.05) is 18.6 Å². The molecule has 0 saturated carbocycles. The maximum Gasteiger partial charge on any atom is 0.0223 e. The van der Waals surface area contributed by atoms with Gasteiger partial charge in [-0.3, -0.25) is 4.90 Å². The minimum Gasteiger partial charge on any atom is -0.314 e. The van der Waals surface area contributed by atoms with Crippen molar-refractivity contribution in [1.29, 1.82) is 0 Å². The highest BCUT2D eigenvalue weighted by Crippen LogP contribution is 2.21. The first-order valence-corrected chi connectivity index (χ1v) is 8.61. The third-order valence-corrected chi connectivity index (χ3v) is 5.33. The Bertz CT molecular complexity index is 263. The lowest BCUT2D eigenvalue weighted by atomic mass is 10.0. The SMILES string of the molecule is C1CCC(CCCN2CCCN3CCCC3C2)NC1. The molecule has 0 aromatic rings. The first-order valence-electron chi connectivity index (χ1n) is 8.61. The van der Waals surface area contributed by atoms with Crippen molar-refractivity contribution in [3.8, 4) is 0 Å². The van der Waals surface area contributed by atoms with Crippen molar-refractivity contribution in [3.63, 3.8) is 0 Å². The summed E-state index contributed by atoms with van der Waals surface area (Å²) in [5.74, 6) is 0. The smallest absolute Gasteiger partial charge is 0.0223 e. The molecule has 2 unspecified atom stereocenters. The van der Waals surface area contributed by atoms with Crippen molar-refractivity contribution >= 4 is 0 Å². The Hall–Kier alpha value is -0.120. The van der Waals surface area contributed by atoms with Gasteiger partial charge in [-0.2, -0.15) is 0 Å². The van der Waals surface area contributed by atoms with Crippen LogP contribution in [0.5, 0.6) is 0 Å². The van der Waals surface area contributed by atoms with Gasteiger partial charge in [0.05, 0.1) is 0 Å². The standard InChI is InChI=1S/C16H31N3/c1-2-9-17-15(6-1)7-3-10-18-11-5-13-19-12-4-8-16(19)14-18/h15-17H,1-14H2. The van der Waals surface area contributed by atoms with Crippen LogP contribution in [0.1, 0.15) is 51.4 Å². The van der Waals surface area contributed by atoms with Gasteiger partial charge >= 0.3 is 0 Å². The molecule has 1 N–H and O–H groups in total. The maximum atomic E-state index is 3.68. The van der Waals surface area contributed by atoms with E-state index in [2.05, 4.69) is 15.1 Å². The molecule has 3 fully saturated rings. The molecular formula is C16H31N3. The van der Waals surface area contributed by atoms with E-state index in [4.69, 9.17) is 0 Å². The van der Waals surface area contributed by atoms with Crippen LogP contribution in [0.2, 0.25) is 0 Å². The summed E-state index contributed by atoms with van der Waals surface area (Å²) in [7, 11) is 0. The van der Waals surface area contributed by atoms with Gasteiger partial charge in [-0.1, -0.05) is 6.42 Å². The Morgan fingerprint density at radius 3 is 2.79 bits per heavy atom. The van der Waals surface area contributed by atoms with Crippen LogP contribution in [0.4, 0.5) is 0 Å². The summed E-state index contributed by atoms with van der Waals surface area (Å²) in [5, 5.41) is 3.68. The average Bonchev–Trinajstić information content (AvgIpc) is 2.79. The quantitative estimate of drug-likeness (QED) is 0.839. The Kier molecular flexibility index (Phi) is 5.14. The summed E-state index contributed by atoms with van der Waals surface area (Å²) in [6.45, 7) is 7.99. The predicted octanol–water partition coefficient (Wildman–Crippen LogP) is 2.08. The van der Waals surface area contributed by atoms with E-state index >= 15 is 0 Å². The lowest BCUT2D eigenvalue weighted by Crippen LogP contribution is -2.38. The third kappa shape index (κ3) is 3.93. The molecule has 3 heterocycles. The van der Waals surface area contributed by atoms with Crippen LogP contribution >= 0.6 is 0 Å². The van der Waals surface area contributed by atoms with Gasteiger partial charge in [0.1, 0.15) is 0 Å². The molecule has 0 spiro atoms. The van der Waals surface area contributed by atoms with Crippen LogP contribution in [-0.2, 0) is 0 Å². The number of fused-ring (bicyclic) bond motifs is 1. The Balaban J connectivity index is 1.37. The van der Waals surface area contributed by atoms with E-state index in [1.165, 1.54) is 90.6 Å². The van der Waals surface area contributed by atoms with Gasteiger partial charge in [-0.25, -0.2) is 0 Å². The molecule has 0 aromatic heterocycles. The van der Waals surface area contributed by atoms with E-state index in [0.29, 0.717) is 0 Å². The molecule has 0 bridgehead atoms. The zero-order valence-electron chi connectivity index (χ0n) is 12.4. The zero-order valence-corrected chi connectivity index (χ0v) is 12.4. The van der Waals surface area contributed by atoms with Crippen molar-refractivity contribution in [2.45, 2.75) is 63.5 Å². The molecule has 0 aliphatic carbocycles. The van der Waals surface area contributed by atoms with Crippen LogP contribution in [0.25, 0.3) is 0 Å². The van der Waals surface area contributed by atoms with E-state index in [1.54, 1.807) is 0 Å². The summed E-state index contributed by atoms with van der Waals surface area (Å²) < 4.78 is 0. The van der Waals surface area contributed by atoms with Crippen LogP contribution < -0.4 is 5.32 Å². The number of piperidine rings is 1. The summed E-state index contributed by atoms with van der Waals surface area (Å²) >= 11 is 0. The van der Waals surface area contributed by atoms with Gasteiger partial charge in [0.2, 0.25) is 0 Å². The maximum absolute atomic E-state index is 3.68. The summed E-state index contributed by atoms with van der Waals surface area (Å²) in [6, 6.07) is 1.71. The Morgan fingerprint density at radius 1 is 0.947 bits per heavy atom. The number of nitrogens with zero attached hydrogens (tertiary/aromatic N) is 2. The monoisotopic (exact) mass is 265 g/mol. The fraction of sp³-hybridized carbons (Fsp3) is 1.00. The molecule has 0 radical (unpaired) electrons. The minimum absolute atomic E-state index is 0.823. The zero-order chi connectivity index (χ0) is 12.9. The van der Waals surface area contributed by atoms with E-state index in [1.807, 2.05) is 0 Å². The van der Waals surface area contributed by atoms with Crippen molar-refractivity contribution in [2.75, 3.05) is 39.3 Å². The lowest BCUT2D eigenvalue weighted by Gasteiger charge is -2.27. The van der Waals surface area contributed by atoms with Crippen molar-refractivity contribution in [3.05, 3.63) is 0 Å². The number of nitrogens with one attached hydrogen (secondary N) is 1. The minimum atomic E-state index is 0.823. The Morgan fingerprint density at radius 2 is 1.89 bits per heavy atom. The topological polar surface area (TPSA) is 18.5 Å². The molecule has 2 atom stereocenters. The second kappa shape index (κ2) is 7.05. The van der Waals surface area contributed by atoms with Gasteiger partial charge in [-0.05, 0) is 77.7 Å². The summed E-state index contributed by atoms with van der Waals surface area (Å²) in [6.07, 6.45) is 11.3.